The van der Waals surface area contributed by atoms with Gasteiger partial charge in [0.15, 0.2) is 0 Å². The van der Waals surface area contributed by atoms with E-state index in [1.54, 1.807) is 0 Å². The first-order valence-corrected chi connectivity index (χ1v) is 12.2. The molecule has 1 aliphatic carbocycles. The number of hydrogen-bond donors (Lipinski definition) is 2. The molecule has 1 saturated carbocycles. The standard InChI is InChI=1S/C28H35N3O3/c1-20-16-27(2,3)19-28(17-20)25(33)31(26(34)30-28)18-24(32)29-15-14-23(21-10-6-4-7-11-21)22-12-8-5-9-13-22/h4-13,20,23H,14-19H2,1-3H3,(H,29,32)(H,30,34). The number of nitrogens with zero attached hydrogens (tertiary/aromatic N) is 1. The van der Waals surface area contributed by atoms with Crippen LogP contribution in [0.3, 0.4) is 0 Å². The Balaban J connectivity index is 1.37. The average molecular weight is 462 g/mol. The van der Waals surface area contributed by atoms with E-state index in [2.05, 4.69) is 55.7 Å². The van der Waals surface area contributed by atoms with Gasteiger partial charge in [0.1, 0.15) is 12.1 Å². The zero-order chi connectivity index (χ0) is 24.3. The third-order valence-corrected chi connectivity index (χ3v) is 7.08. The molecule has 2 aromatic carbocycles. The van der Waals surface area contributed by atoms with E-state index in [0.29, 0.717) is 25.3 Å². The van der Waals surface area contributed by atoms with Gasteiger partial charge in [-0.25, -0.2) is 4.79 Å². The molecule has 1 heterocycles. The number of rotatable bonds is 7. The maximum Gasteiger partial charge on any atom is 0.325 e. The van der Waals surface area contributed by atoms with Gasteiger partial charge in [0.05, 0.1) is 0 Å². The van der Waals surface area contributed by atoms with Crippen molar-refractivity contribution in [2.45, 2.75) is 57.9 Å². The molecule has 6 heteroatoms. The van der Waals surface area contributed by atoms with Crippen LogP contribution in [0.1, 0.15) is 63.5 Å². The Morgan fingerprint density at radius 3 is 2.18 bits per heavy atom. The van der Waals surface area contributed by atoms with Crippen LogP contribution in [0.4, 0.5) is 4.79 Å². The summed E-state index contributed by atoms with van der Waals surface area (Å²) in [6.07, 6.45) is 2.95. The third kappa shape index (κ3) is 5.16. The van der Waals surface area contributed by atoms with Crippen LogP contribution in [-0.2, 0) is 9.59 Å². The molecule has 180 valence electrons. The molecular weight excluding hydrogens is 426 g/mol. The molecule has 4 rings (SSSR count). The second kappa shape index (κ2) is 9.61. The summed E-state index contributed by atoms with van der Waals surface area (Å²) >= 11 is 0. The topological polar surface area (TPSA) is 78.5 Å². The number of nitrogens with one attached hydrogen (secondary N) is 2. The van der Waals surface area contributed by atoms with E-state index in [0.717, 1.165) is 17.7 Å². The lowest BCUT2D eigenvalue weighted by Gasteiger charge is -2.43. The van der Waals surface area contributed by atoms with Crippen LogP contribution in [0.25, 0.3) is 0 Å². The van der Waals surface area contributed by atoms with E-state index in [-0.39, 0.29) is 29.7 Å². The van der Waals surface area contributed by atoms with Gasteiger partial charge in [-0.2, -0.15) is 0 Å². The fraction of sp³-hybridized carbons (Fsp3) is 0.464. The maximum absolute atomic E-state index is 13.3. The quantitative estimate of drug-likeness (QED) is 0.598. The highest BCUT2D eigenvalue weighted by Gasteiger charge is 2.56. The fourth-order valence-electron chi connectivity index (χ4n) is 6.10. The van der Waals surface area contributed by atoms with Crippen molar-refractivity contribution in [1.29, 1.82) is 0 Å². The van der Waals surface area contributed by atoms with Crippen LogP contribution < -0.4 is 10.6 Å². The largest absolute Gasteiger partial charge is 0.355 e. The highest BCUT2D eigenvalue weighted by molar-refractivity contribution is 6.09. The Kier molecular flexibility index (Phi) is 6.78. The molecule has 1 aliphatic heterocycles. The minimum absolute atomic E-state index is 0.0389. The first kappa shape index (κ1) is 24.0. The summed E-state index contributed by atoms with van der Waals surface area (Å²) in [6.45, 7) is 6.59. The van der Waals surface area contributed by atoms with Gasteiger partial charge in [-0.05, 0) is 48.1 Å². The molecule has 2 atom stereocenters. The molecular formula is C28H35N3O3. The molecule has 0 bridgehead atoms. The summed E-state index contributed by atoms with van der Waals surface area (Å²) in [4.78, 5) is 39.8. The van der Waals surface area contributed by atoms with Crippen molar-refractivity contribution in [3.8, 4) is 0 Å². The highest BCUT2D eigenvalue weighted by Crippen LogP contribution is 2.46. The monoisotopic (exact) mass is 461 g/mol. The zero-order valence-electron chi connectivity index (χ0n) is 20.3. The molecule has 2 aliphatic rings. The number of carbonyl (C=O) groups excluding carboxylic acids is 3. The van der Waals surface area contributed by atoms with Gasteiger partial charge in [0.2, 0.25) is 5.91 Å². The minimum atomic E-state index is -0.885. The lowest BCUT2D eigenvalue weighted by molar-refractivity contribution is -0.137. The van der Waals surface area contributed by atoms with Crippen molar-refractivity contribution >= 4 is 17.8 Å². The number of carbonyl (C=O) groups is 3. The first-order valence-electron chi connectivity index (χ1n) is 12.2. The van der Waals surface area contributed by atoms with Crippen molar-refractivity contribution in [3.63, 3.8) is 0 Å². The smallest absolute Gasteiger partial charge is 0.325 e. The Morgan fingerprint density at radius 2 is 1.62 bits per heavy atom. The SMILES string of the molecule is CC1CC(C)(C)CC2(C1)NC(=O)N(CC(=O)NCCC(c1ccccc1)c1ccccc1)C2=O. The lowest BCUT2D eigenvalue weighted by Crippen LogP contribution is -2.54. The van der Waals surface area contributed by atoms with Gasteiger partial charge in [-0.15, -0.1) is 0 Å². The number of imide groups is 1. The predicted octanol–water partition coefficient (Wildman–Crippen LogP) is 4.46. The lowest BCUT2D eigenvalue weighted by atomic mass is 9.64. The Labute approximate surface area is 202 Å². The summed E-state index contributed by atoms with van der Waals surface area (Å²) < 4.78 is 0. The second-order valence-corrected chi connectivity index (χ2v) is 10.8. The van der Waals surface area contributed by atoms with E-state index in [1.807, 2.05) is 36.4 Å². The average Bonchev–Trinajstić information content (AvgIpc) is 2.99. The molecule has 0 radical (unpaired) electrons. The van der Waals surface area contributed by atoms with E-state index < -0.39 is 11.6 Å². The Morgan fingerprint density at radius 1 is 1.03 bits per heavy atom. The second-order valence-electron chi connectivity index (χ2n) is 10.8. The molecule has 4 amide bonds. The van der Waals surface area contributed by atoms with E-state index in [4.69, 9.17) is 0 Å². The molecule has 2 unspecified atom stereocenters. The number of benzene rings is 2. The van der Waals surface area contributed by atoms with Crippen LogP contribution in [0, 0.1) is 11.3 Å². The molecule has 2 N–H and O–H groups in total. The summed E-state index contributed by atoms with van der Waals surface area (Å²) in [5.74, 6) is -0.106. The van der Waals surface area contributed by atoms with Gasteiger partial charge >= 0.3 is 6.03 Å². The van der Waals surface area contributed by atoms with Gasteiger partial charge < -0.3 is 10.6 Å². The summed E-state index contributed by atoms with van der Waals surface area (Å²) in [5.41, 5.74) is 1.45. The molecule has 1 saturated heterocycles. The normalized spacial score (nSPS) is 23.9. The summed E-state index contributed by atoms with van der Waals surface area (Å²) in [7, 11) is 0. The number of hydrogen-bond acceptors (Lipinski definition) is 3. The van der Waals surface area contributed by atoms with Gasteiger partial charge in [-0.1, -0.05) is 81.4 Å². The van der Waals surface area contributed by atoms with Crippen LogP contribution >= 0.6 is 0 Å². The maximum atomic E-state index is 13.3. The molecule has 2 aromatic rings. The van der Waals surface area contributed by atoms with E-state index in [9.17, 15) is 14.4 Å². The Hall–Kier alpha value is -3.15. The molecule has 1 spiro atoms. The fourth-order valence-corrected chi connectivity index (χ4v) is 6.10. The van der Waals surface area contributed by atoms with Gasteiger partial charge in [0.25, 0.3) is 5.91 Å². The van der Waals surface area contributed by atoms with Crippen molar-refractivity contribution in [1.82, 2.24) is 15.5 Å². The van der Waals surface area contributed by atoms with Crippen LogP contribution in [0.5, 0.6) is 0 Å². The summed E-state index contributed by atoms with van der Waals surface area (Å²) in [6, 6.07) is 20.0. The van der Waals surface area contributed by atoms with E-state index in [1.165, 1.54) is 11.1 Å². The van der Waals surface area contributed by atoms with Gasteiger partial charge in [0, 0.05) is 12.5 Å². The molecule has 0 aromatic heterocycles. The Bertz CT molecular complexity index is 998. The van der Waals surface area contributed by atoms with Crippen molar-refractivity contribution in [3.05, 3.63) is 71.8 Å². The van der Waals surface area contributed by atoms with Crippen molar-refractivity contribution in [2.75, 3.05) is 13.1 Å². The summed E-state index contributed by atoms with van der Waals surface area (Å²) in [5, 5.41) is 5.86. The highest BCUT2D eigenvalue weighted by atomic mass is 16.2. The minimum Gasteiger partial charge on any atom is -0.355 e. The number of amides is 4. The zero-order valence-corrected chi connectivity index (χ0v) is 20.3. The van der Waals surface area contributed by atoms with Crippen LogP contribution in [0.2, 0.25) is 0 Å². The van der Waals surface area contributed by atoms with E-state index >= 15 is 0 Å². The van der Waals surface area contributed by atoms with Crippen LogP contribution in [-0.4, -0.2) is 41.4 Å². The van der Waals surface area contributed by atoms with Crippen molar-refractivity contribution in [2.24, 2.45) is 11.3 Å². The van der Waals surface area contributed by atoms with Crippen molar-refractivity contribution < 1.29 is 14.4 Å². The first-order chi connectivity index (χ1) is 16.2. The molecule has 2 fully saturated rings. The third-order valence-electron chi connectivity index (χ3n) is 7.08. The van der Waals surface area contributed by atoms with Crippen LogP contribution in [0.15, 0.2) is 60.7 Å². The predicted molar refractivity (Wildman–Crippen MR) is 132 cm³/mol. The van der Waals surface area contributed by atoms with Gasteiger partial charge in [-0.3, -0.25) is 14.5 Å². The molecule has 34 heavy (non-hydrogen) atoms. The molecule has 6 nitrogen and oxygen atoms in total. The number of urea groups is 1.